The summed E-state index contributed by atoms with van der Waals surface area (Å²) >= 11 is 1.59. The fourth-order valence-corrected chi connectivity index (χ4v) is 2.87. The standard InChI is InChI=1S/C15H13N3O2S/c1-9-6-17-13(21-9)8-18-14-10-4-2-3-5-12(10)16-7-11(14)15(19)20/h2-7H,8H2,1H3,(H,16,18)(H,19,20). The number of carbonyl (C=O) groups is 1. The zero-order chi connectivity index (χ0) is 14.8. The topological polar surface area (TPSA) is 75.1 Å². The van der Waals surface area contributed by atoms with Crippen molar-refractivity contribution in [1.29, 1.82) is 0 Å². The lowest BCUT2D eigenvalue weighted by Crippen LogP contribution is -2.07. The number of aromatic nitrogens is 2. The van der Waals surface area contributed by atoms with Crippen molar-refractivity contribution >= 4 is 33.9 Å². The van der Waals surface area contributed by atoms with E-state index in [-0.39, 0.29) is 5.56 Å². The van der Waals surface area contributed by atoms with Gasteiger partial charge in [-0.1, -0.05) is 18.2 Å². The summed E-state index contributed by atoms with van der Waals surface area (Å²) in [7, 11) is 0. The number of para-hydroxylation sites is 1. The van der Waals surface area contributed by atoms with Crippen molar-refractivity contribution in [3.05, 3.63) is 52.1 Å². The number of hydrogen-bond acceptors (Lipinski definition) is 5. The van der Waals surface area contributed by atoms with E-state index in [1.165, 1.54) is 6.20 Å². The number of carboxylic acid groups (broad SMARTS) is 1. The van der Waals surface area contributed by atoms with Crippen LogP contribution in [0.3, 0.4) is 0 Å². The number of rotatable bonds is 4. The molecule has 1 aromatic carbocycles. The van der Waals surface area contributed by atoms with Gasteiger partial charge in [0.1, 0.15) is 10.6 Å². The largest absolute Gasteiger partial charge is 0.478 e. The Morgan fingerprint density at radius 1 is 1.29 bits per heavy atom. The van der Waals surface area contributed by atoms with Crippen LogP contribution in [0, 0.1) is 6.92 Å². The number of benzene rings is 1. The Labute approximate surface area is 125 Å². The second kappa shape index (κ2) is 5.49. The predicted octanol–water partition coefficient (Wildman–Crippen LogP) is 3.31. The molecule has 0 bridgehead atoms. The first-order valence-electron chi connectivity index (χ1n) is 6.41. The molecule has 0 aliphatic carbocycles. The van der Waals surface area contributed by atoms with Gasteiger partial charge in [0.15, 0.2) is 0 Å². The van der Waals surface area contributed by atoms with Crippen LogP contribution in [0.5, 0.6) is 0 Å². The maximum absolute atomic E-state index is 11.4. The van der Waals surface area contributed by atoms with E-state index >= 15 is 0 Å². The van der Waals surface area contributed by atoms with Crippen LogP contribution in [-0.4, -0.2) is 21.0 Å². The van der Waals surface area contributed by atoms with Gasteiger partial charge in [-0.15, -0.1) is 11.3 Å². The minimum absolute atomic E-state index is 0.168. The maximum Gasteiger partial charge on any atom is 0.339 e. The summed E-state index contributed by atoms with van der Waals surface area (Å²) < 4.78 is 0. The molecule has 5 nitrogen and oxygen atoms in total. The van der Waals surface area contributed by atoms with Crippen LogP contribution in [0.15, 0.2) is 36.7 Å². The molecule has 0 fully saturated rings. The number of pyridine rings is 1. The van der Waals surface area contributed by atoms with E-state index in [2.05, 4.69) is 15.3 Å². The highest BCUT2D eigenvalue weighted by molar-refractivity contribution is 7.11. The van der Waals surface area contributed by atoms with Crippen molar-refractivity contribution in [2.24, 2.45) is 0 Å². The number of aryl methyl sites for hydroxylation is 1. The van der Waals surface area contributed by atoms with Crippen molar-refractivity contribution in [2.75, 3.05) is 5.32 Å². The number of hydrogen-bond donors (Lipinski definition) is 2. The monoisotopic (exact) mass is 299 g/mol. The van der Waals surface area contributed by atoms with Gasteiger partial charge in [0, 0.05) is 22.7 Å². The summed E-state index contributed by atoms with van der Waals surface area (Å²) in [6.07, 6.45) is 3.20. The quantitative estimate of drug-likeness (QED) is 0.773. The highest BCUT2D eigenvalue weighted by Crippen LogP contribution is 2.26. The normalized spacial score (nSPS) is 10.7. The molecule has 2 aromatic heterocycles. The van der Waals surface area contributed by atoms with Crippen LogP contribution in [0.1, 0.15) is 20.2 Å². The molecule has 3 rings (SSSR count). The SMILES string of the molecule is Cc1cnc(CNc2c(C(=O)O)cnc3ccccc23)s1. The lowest BCUT2D eigenvalue weighted by molar-refractivity contribution is 0.0697. The number of nitrogens with zero attached hydrogens (tertiary/aromatic N) is 2. The summed E-state index contributed by atoms with van der Waals surface area (Å²) in [6, 6.07) is 7.47. The number of anilines is 1. The Morgan fingerprint density at radius 2 is 2.10 bits per heavy atom. The Hall–Kier alpha value is -2.47. The first-order valence-corrected chi connectivity index (χ1v) is 7.23. The Balaban J connectivity index is 2.01. The average molecular weight is 299 g/mol. The van der Waals surface area contributed by atoms with Crippen LogP contribution in [0.25, 0.3) is 10.9 Å². The molecule has 106 valence electrons. The van der Waals surface area contributed by atoms with Gasteiger partial charge in [-0.3, -0.25) is 4.98 Å². The fraction of sp³-hybridized carbons (Fsp3) is 0.133. The summed E-state index contributed by atoms with van der Waals surface area (Å²) in [5.41, 5.74) is 1.52. The van der Waals surface area contributed by atoms with E-state index in [4.69, 9.17) is 0 Å². The molecule has 6 heteroatoms. The van der Waals surface area contributed by atoms with E-state index in [1.807, 2.05) is 37.4 Å². The van der Waals surface area contributed by atoms with Crippen molar-refractivity contribution in [2.45, 2.75) is 13.5 Å². The van der Waals surface area contributed by atoms with Gasteiger partial charge >= 0.3 is 5.97 Å². The fourth-order valence-electron chi connectivity index (χ4n) is 2.14. The zero-order valence-corrected chi connectivity index (χ0v) is 12.1. The van der Waals surface area contributed by atoms with Crippen molar-refractivity contribution in [3.8, 4) is 0 Å². The molecule has 2 heterocycles. The molecular formula is C15H13N3O2S. The van der Waals surface area contributed by atoms with Crippen molar-refractivity contribution in [3.63, 3.8) is 0 Å². The number of fused-ring (bicyclic) bond motifs is 1. The van der Waals surface area contributed by atoms with Crippen LogP contribution in [0.2, 0.25) is 0 Å². The molecule has 0 aliphatic rings. The summed E-state index contributed by atoms with van der Waals surface area (Å²) in [5, 5.41) is 14.2. The lowest BCUT2D eigenvalue weighted by atomic mass is 10.1. The predicted molar refractivity (Wildman–Crippen MR) is 82.9 cm³/mol. The van der Waals surface area contributed by atoms with Gasteiger partial charge in [0.25, 0.3) is 0 Å². The Morgan fingerprint density at radius 3 is 2.81 bits per heavy atom. The summed E-state index contributed by atoms with van der Waals surface area (Å²) in [4.78, 5) is 21.0. The minimum atomic E-state index is -0.994. The van der Waals surface area contributed by atoms with E-state index in [0.29, 0.717) is 12.2 Å². The first-order chi connectivity index (χ1) is 10.1. The smallest absolute Gasteiger partial charge is 0.339 e. The number of carboxylic acids is 1. The molecular weight excluding hydrogens is 286 g/mol. The molecule has 0 unspecified atom stereocenters. The number of aromatic carboxylic acids is 1. The second-order valence-electron chi connectivity index (χ2n) is 4.59. The third-order valence-electron chi connectivity index (χ3n) is 3.09. The minimum Gasteiger partial charge on any atom is -0.478 e. The number of thiazole rings is 1. The van der Waals surface area contributed by atoms with Crippen LogP contribution >= 0.6 is 11.3 Å². The molecule has 0 amide bonds. The third kappa shape index (κ3) is 2.71. The van der Waals surface area contributed by atoms with Crippen molar-refractivity contribution in [1.82, 2.24) is 9.97 Å². The van der Waals surface area contributed by atoms with Gasteiger partial charge in [0.2, 0.25) is 0 Å². The molecule has 0 radical (unpaired) electrons. The maximum atomic E-state index is 11.4. The Bertz CT molecular complexity index is 814. The van der Waals surface area contributed by atoms with E-state index < -0.39 is 5.97 Å². The van der Waals surface area contributed by atoms with E-state index in [1.54, 1.807) is 11.3 Å². The second-order valence-corrected chi connectivity index (χ2v) is 5.91. The van der Waals surface area contributed by atoms with Gasteiger partial charge in [-0.25, -0.2) is 9.78 Å². The van der Waals surface area contributed by atoms with E-state index in [9.17, 15) is 9.90 Å². The van der Waals surface area contributed by atoms with Crippen LogP contribution in [-0.2, 0) is 6.54 Å². The first kappa shape index (κ1) is 13.5. The summed E-state index contributed by atoms with van der Waals surface area (Å²) in [6.45, 7) is 2.48. The molecule has 0 atom stereocenters. The average Bonchev–Trinajstić information content (AvgIpc) is 2.90. The highest BCUT2D eigenvalue weighted by Gasteiger charge is 2.14. The van der Waals surface area contributed by atoms with Gasteiger partial charge < -0.3 is 10.4 Å². The molecule has 0 spiro atoms. The lowest BCUT2D eigenvalue weighted by Gasteiger charge is -2.11. The van der Waals surface area contributed by atoms with Crippen molar-refractivity contribution < 1.29 is 9.90 Å². The molecule has 21 heavy (non-hydrogen) atoms. The van der Waals surface area contributed by atoms with Gasteiger partial charge in [-0.05, 0) is 13.0 Å². The molecule has 3 aromatic rings. The van der Waals surface area contributed by atoms with Crippen LogP contribution < -0.4 is 5.32 Å². The number of nitrogens with one attached hydrogen (secondary N) is 1. The van der Waals surface area contributed by atoms with E-state index in [0.717, 1.165) is 20.8 Å². The molecule has 0 aliphatic heterocycles. The zero-order valence-electron chi connectivity index (χ0n) is 11.3. The highest BCUT2D eigenvalue weighted by atomic mass is 32.1. The van der Waals surface area contributed by atoms with Gasteiger partial charge in [0.05, 0.1) is 17.7 Å². The third-order valence-corrected chi connectivity index (χ3v) is 4.00. The molecule has 0 saturated heterocycles. The molecule has 2 N–H and O–H groups in total. The summed E-state index contributed by atoms with van der Waals surface area (Å²) in [5.74, 6) is -0.994. The van der Waals surface area contributed by atoms with Crippen LogP contribution in [0.4, 0.5) is 5.69 Å². The molecule has 0 saturated carbocycles. The van der Waals surface area contributed by atoms with Gasteiger partial charge in [-0.2, -0.15) is 0 Å². The Kier molecular flexibility index (Phi) is 3.53.